The van der Waals surface area contributed by atoms with Crippen LogP contribution in [0.15, 0.2) is 17.1 Å². The summed E-state index contributed by atoms with van der Waals surface area (Å²) in [5.41, 5.74) is 0. The fourth-order valence-corrected chi connectivity index (χ4v) is 3.97. The summed E-state index contributed by atoms with van der Waals surface area (Å²) in [6.45, 7) is 2.29. The van der Waals surface area contributed by atoms with E-state index in [-0.39, 0.29) is 78.5 Å². The van der Waals surface area contributed by atoms with Crippen LogP contribution in [0, 0.1) is 23.7 Å². The standard InChI is InChI=1S/C16H22F2N4O2.HI/c1-2-19-16(21-8-11(17)18)20-5-6-22-14(23)12-9-3-4-10(7-9)13(12)15(22)24;/h3-4,9-13H,2,5-8H2,1H3,(H2,19,20,21);1H. The van der Waals surface area contributed by atoms with Crippen molar-refractivity contribution in [2.24, 2.45) is 28.7 Å². The first-order chi connectivity index (χ1) is 11.5. The van der Waals surface area contributed by atoms with Crippen LogP contribution in [0.2, 0.25) is 0 Å². The maximum Gasteiger partial charge on any atom is 0.257 e. The van der Waals surface area contributed by atoms with E-state index in [0.29, 0.717) is 6.54 Å². The van der Waals surface area contributed by atoms with E-state index >= 15 is 0 Å². The van der Waals surface area contributed by atoms with Gasteiger partial charge in [0.15, 0.2) is 5.96 Å². The molecular weight excluding hydrogens is 445 g/mol. The van der Waals surface area contributed by atoms with Gasteiger partial charge in [-0.3, -0.25) is 14.5 Å². The lowest BCUT2D eigenvalue weighted by Crippen LogP contribution is -2.43. The predicted molar refractivity (Wildman–Crippen MR) is 99.8 cm³/mol. The average Bonchev–Trinajstić information content (AvgIpc) is 3.21. The second-order valence-electron chi connectivity index (χ2n) is 6.37. The molecular formula is C16H23F2IN4O2. The molecule has 3 aliphatic rings. The molecule has 0 aromatic heterocycles. The molecule has 3 rings (SSSR count). The predicted octanol–water partition coefficient (Wildman–Crippen LogP) is 1.23. The lowest BCUT2D eigenvalue weighted by molar-refractivity contribution is -0.140. The van der Waals surface area contributed by atoms with Gasteiger partial charge in [-0.25, -0.2) is 13.8 Å². The summed E-state index contributed by atoms with van der Waals surface area (Å²) in [5.74, 6) is 0.0512. The van der Waals surface area contributed by atoms with Gasteiger partial charge in [-0.1, -0.05) is 12.2 Å². The normalized spacial score (nSPS) is 30.1. The minimum Gasteiger partial charge on any atom is -0.357 e. The number of carbonyl (C=O) groups excluding carboxylic acids is 2. The van der Waals surface area contributed by atoms with E-state index < -0.39 is 13.0 Å². The van der Waals surface area contributed by atoms with Gasteiger partial charge in [0, 0.05) is 19.6 Å². The van der Waals surface area contributed by atoms with Crippen molar-refractivity contribution in [3.05, 3.63) is 12.2 Å². The first kappa shape index (κ1) is 20.1. The van der Waals surface area contributed by atoms with Gasteiger partial charge in [0.25, 0.3) is 6.43 Å². The van der Waals surface area contributed by atoms with Crippen LogP contribution in [-0.4, -0.2) is 55.3 Å². The van der Waals surface area contributed by atoms with Crippen LogP contribution in [0.25, 0.3) is 0 Å². The fourth-order valence-electron chi connectivity index (χ4n) is 3.97. The summed E-state index contributed by atoms with van der Waals surface area (Å²) < 4.78 is 24.5. The Morgan fingerprint density at radius 1 is 1.24 bits per heavy atom. The topological polar surface area (TPSA) is 73.8 Å². The number of rotatable bonds is 6. The molecule has 4 atom stereocenters. The van der Waals surface area contributed by atoms with Crippen molar-refractivity contribution >= 4 is 41.8 Å². The molecule has 0 radical (unpaired) electrons. The summed E-state index contributed by atoms with van der Waals surface area (Å²) >= 11 is 0. The average molecular weight is 468 g/mol. The minimum atomic E-state index is -2.51. The third kappa shape index (κ3) is 3.95. The Morgan fingerprint density at radius 3 is 2.36 bits per heavy atom. The van der Waals surface area contributed by atoms with Crippen molar-refractivity contribution in [2.75, 3.05) is 26.2 Å². The van der Waals surface area contributed by atoms with Gasteiger partial charge < -0.3 is 10.6 Å². The molecule has 6 nitrogen and oxygen atoms in total. The largest absolute Gasteiger partial charge is 0.357 e. The summed E-state index contributed by atoms with van der Waals surface area (Å²) in [4.78, 5) is 30.1. The van der Waals surface area contributed by atoms with Crippen LogP contribution in [0.3, 0.4) is 0 Å². The van der Waals surface area contributed by atoms with Crippen LogP contribution in [0.4, 0.5) is 8.78 Å². The molecule has 9 heteroatoms. The number of carbonyl (C=O) groups is 2. The molecule has 1 saturated heterocycles. The number of nitrogens with one attached hydrogen (secondary N) is 2. The highest BCUT2D eigenvalue weighted by Crippen LogP contribution is 2.52. The molecule has 2 amide bonds. The van der Waals surface area contributed by atoms with Gasteiger partial charge in [-0.15, -0.1) is 24.0 Å². The van der Waals surface area contributed by atoms with Crippen molar-refractivity contribution in [2.45, 2.75) is 19.8 Å². The Balaban J connectivity index is 0.00000225. The molecule has 1 aliphatic heterocycles. The summed E-state index contributed by atoms with van der Waals surface area (Å²) in [7, 11) is 0. The molecule has 1 heterocycles. The van der Waals surface area contributed by atoms with Crippen LogP contribution < -0.4 is 10.6 Å². The van der Waals surface area contributed by atoms with E-state index in [4.69, 9.17) is 0 Å². The number of allylic oxidation sites excluding steroid dienone is 2. The zero-order valence-electron chi connectivity index (χ0n) is 14.0. The Hall–Kier alpha value is -1.26. The Kier molecular flexibility index (Phi) is 6.75. The molecule has 0 aromatic rings. The number of imide groups is 1. The van der Waals surface area contributed by atoms with Crippen molar-refractivity contribution in [1.82, 2.24) is 15.5 Å². The number of fused-ring (bicyclic) bond motifs is 5. The second-order valence-corrected chi connectivity index (χ2v) is 6.37. The molecule has 0 aromatic carbocycles. The number of aliphatic imine (C=N–C) groups is 1. The van der Waals surface area contributed by atoms with E-state index in [2.05, 4.69) is 27.8 Å². The number of amides is 2. The van der Waals surface area contributed by atoms with Gasteiger partial charge in [-0.2, -0.15) is 0 Å². The molecule has 140 valence electrons. The van der Waals surface area contributed by atoms with E-state index in [9.17, 15) is 18.4 Å². The molecule has 2 fully saturated rings. The molecule has 4 unspecified atom stereocenters. The summed E-state index contributed by atoms with van der Waals surface area (Å²) in [6, 6.07) is 0. The maximum atomic E-state index is 12.5. The number of alkyl halides is 2. The summed E-state index contributed by atoms with van der Waals surface area (Å²) in [6.07, 6.45) is 2.51. The van der Waals surface area contributed by atoms with Gasteiger partial charge in [0.2, 0.25) is 11.8 Å². The SMILES string of the molecule is CCNC(=NCC(F)F)NCCN1C(=O)C2C3C=CC(C3)C2C1=O.I. The second kappa shape index (κ2) is 8.41. The first-order valence-corrected chi connectivity index (χ1v) is 8.36. The highest BCUT2D eigenvalue weighted by atomic mass is 127. The van der Waals surface area contributed by atoms with Gasteiger partial charge in [-0.05, 0) is 25.2 Å². The van der Waals surface area contributed by atoms with Crippen molar-refractivity contribution < 1.29 is 18.4 Å². The number of hydrogen-bond acceptors (Lipinski definition) is 3. The van der Waals surface area contributed by atoms with Gasteiger partial charge in [0.05, 0.1) is 11.8 Å². The Bertz CT molecular complexity index is 554. The van der Waals surface area contributed by atoms with Crippen LogP contribution in [-0.2, 0) is 9.59 Å². The highest BCUT2D eigenvalue weighted by molar-refractivity contribution is 14.0. The number of likely N-dealkylation sites (tertiary alicyclic amines) is 1. The quantitative estimate of drug-likeness (QED) is 0.202. The van der Waals surface area contributed by atoms with Crippen molar-refractivity contribution in [3.8, 4) is 0 Å². The van der Waals surface area contributed by atoms with E-state index in [1.807, 2.05) is 6.92 Å². The molecule has 25 heavy (non-hydrogen) atoms. The van der Waals surface area contributed by atoms with Gasteiger partial charge in [0.1, 0.15) is 6.54 Å². The Morgan fingerprint density at radius 2 is 1.84 bits per heavy atom. The van der Waals surface area contributed by atoms with E-state index in [1.165, 1.54) is 4.90 Å². The fraction of sp³-hybridized carbons (Fsp3) is 0.688. The highest BCUT2D eigenvalue weighted by Gasteiger charge is 2.58. The lowest BCUT2D eigenvalue weighted by atomic mass is 9.85. The lowest BCUT2D eigenvalue weighted by Gasteiger charge is -2.18. The van der Waals surface area contributed by atoms with E-state index in [1.54, 1.807) is 0 Å². The Labute approximate surface area is 162 Å². The molecule has 2 aliphatic carbocycles. The molecule has 0 spiro atoms. The van der Waals surface area contributed by atoms with E-state index in [0.717, 1.165) is 6.42 Å². The molecule has 1 saturated carbocycles. The third-order valence-corrected chi connectivity index (χ3v) is 4.92. The monoisotopic (exact) mass is 468 g/mol. The number of hydrogen-bond donors (Lipinski definition) is 2. The number of nitrogens with zero attached hydrogens (tertiary/aromatic N) is 2. The first-order valence-electron chi connectivity index (χ1n) is 8.36. The molecule has 2 bridgehead atoms. The minimum absolute atomic E-state index is 0. The third-order valence-electron chi connectivity index (χ3n) is 4.92. The van der Waals surface area contributed by atoms with Crippen LogP contribution in [0.1, 0.15) is 13.3 Å². The number of guanidine groups is 1. The van der Waals surface area contributed by atoms with Crippen LogP contribution in [0.5, 0.6) is 0 Å². The van der Waals surface area contributed by atoms with Crippen LogP contribution >= 0.6 is 24.0 Å². The van der Waals surface area contributed by atoms with Crippen molar-refractivity contribution in [1.29, 1.82) is 0 Å². The zero-order chi connectivity index (χ0) is 17.3. The number of halogens is 3. The maximum absolute atomic E-state index is 12.5. The smallest absolute Gasteiger partial charge is 0.257 e. The summed E-state index contributed by atoms with van der Waals surface area (Å²) in [5, 5.41) is 5.75. The van der Waals surface area contributed by atoms with Gasteiger partial charge >= 0.3 is 0 Å². The molecule has 2 N–H and O–H groups in total. The zero-order valence-corrected chi connectivity index (χ0v) is 16.3. The van der Waals surface area contributed by atoms with Crippen molar-refractivity contribution in [3.63, 3.8) is 0 Å².